The summed E-state index contributed by atoms with van der Waals surface area (Å²) in [4.78, 5) is 2.56. The molecule has 2 rings (SSSR count). The summed E-state index contributed by atoms with van der Waals surface area (Å²) in [5.41, 5.74) is 0. The van der Waals surface area contributed by atoms with E-state index in [9.17, 15) is 8.42 Å². The fourth-order valence-electron chi connectivity index (χ4n) is 3.96. The zero-order valence-electron chi connectivity index (χ0n) is 12.4. The van der Waals surface area contributed by atoms with Gasteiger partial charge in [-0.2, -0.15) is 0 Å². The summed E-state index contributed by atoms with van der Waals surface area (Å²) in [5, 5.41) is 3.43. The normalized spacial score (nSPS) is 33.5. The van der Waals surface area contributed by atoms with E-state index in [1.54, 1.807) is 0 Å². The van der Waals surface area contributed by atoms with Gasteiger partial charge in [0, 0.05) is 30.1 Å². The molecule has 0 saturated carbocycles. The van der Waals surface area contributed by atoms with Gasteiger partial charge in [0.15, 0.2) is 0 Å². The van der Waals surface area contributed by atoms with Crippen LogP contribution in [-0.2, 0) is 9.84 Å². The molecule has 0 amide bonds. The molecular weight excluding hydrogens is 260 g/mol. The second-order valence-corrected chi connectivity index (χ2v) is 8.71. The van der Waals surface area contributed by atoms with E-state index >= 15 is 0 Å². The zero-order chi connectivity index (χ0) is 14.0. The maximum Gasteiger partial charge on any atom is 0.147 e. The van der Waals surface area contributed by atoms with E-state index in [2.05, 4.69) is 17.3 Å². The van der Waals surface area contributed by atoms with E-state index in [4.69, 9.17) is 0 Å². The number of sulfone groups is 1. The Hall–Kier alpha value is -0.130. The molecule has 19 heavy (non-hydrogen) atoms. The third-order valence-electron chi connectivity index (χ3n) is 5.10. The molecule has 5 heteroatoms. The van der Waals surface area contributed by atoms with E-state index < -0.39 is 9.84 Å². The van der Waals surface area contributed by atoms with E-state index in [0.717, 1.165) is 30.8 Å². The molecule has 3 unspecified atom stereocenters. The molecule has 0 radical (unpaired) electrons. The smallest absolute Gasteiger partial charge is 0.147 e. The minimum absolute atomic E-state index is 0.324. The molecule has 2 fully saturated rings. The monoisotopic (exact) mass is 288 g/mol. The number of nitrogens with zero attached hydrogens (tertiary/aromatic N) is 1. The van der Waals surface area contributed by atoms with Crippen LogP contribution in [0.1, 0.15) is 38.5 Å². The Bertz CT molecular complexity index is 382. The average Bonchev–Trinajstić information content (AvgIpc) is 2.56. The number of hydrogen-bond acceptors (Lipinski definition) is 4. The first-order chi connectivity index (χ1) is 8.90. The molecule has 112 valence electrons. The van der Waals surface area contributed by atoms with Crippen molar-refractivity contribution in [2.45, 2.75) is 56.7 Å². The van der Waals surface area contributed by atoms with Gasteiger partial charge in [0.2, 0.25) is 0 Å². The summed E-state index contributed by atoms with van der Waals surface area (Å²) in [6.07, 6.45) is 8.34. The van der Waals surface area contributed by atoms with Crippen LogP contribution in [0.3, 0.4) is 0 Å². The second kappa shape index (κ2) is 6.10. The van der Waals surface area contributed by atoms with Gasteiger partial charge < -0.3 is 10.2 Å². The fraction of sp³-hybridized carbons (Fsp3) is 1.00. The summed E-state index contributed by atoms with van der Waals surface area (Å²) in [5.74, 6) is 1.04. The van der Waals surface area contributed by atoms with Crippen LogP contribution in [0.5, 0.6) is 0 Å². The first-order valence-corrected chi connectivity index (χ1v) is 9.53. The van der Waals surface area contributed by atoms with Crippen LogP contribution in [0.2, 0.25) is 0 Å². The molecule has 2 aliphatic rings. The molecule has 0 aromatic heterocycles. The molecule has 0 aromatic carbocycles. The van der Waals surface area contributed by atoms with Crippen molar-refractivity contribution in [2.75, 3.05) is 26.1 Å². The van der Waals surface area contributed by atoms with Crippen molar-refractivity contribution in [1.82, 2.24) is 10.2 Å². The standard InChI is InChI=1S/C14H28N2O2S/c1-15-14(5-4-8-19(3,17)18)11-9-12-6-7-13(10-11)16(12)2/h11-15H,4-10H2,1-3H3. The highest BCUT2D eigenvalue weighted by molar-refractivity contribution is 7.90. The van der Waals surface area contributed by atoms with E-state index in [-0.39, 0.29) is 0 Å². The fourth-order valence-corrected chi connectivity index (χ4v) is 4.65. The largest absolute Gasteiger partial charge is 0.317 e. The van der Waals surface area contributed by atoms with Crippen LogP contribution in [0, 0.1) is 5.92 Å². The Morgan fingerprint density at radius 1 is 1.26 bits per heavy atom. The van der Waals surface area contributed by atoms with Crippen molar-refractivity contribution in [3.8, 4) is 0 Å². The second-order valence-electron chi connectivity index (χ2n) is 6.45. The van der Waals surface area contributed by atoms with Crippen molar-refractivity contribution >= 4 is 9.84 Å². The molecule has 2 bridgehead atoms. The number of piperidine rings is 1. The molecule has 1 N–H and O–H groups in total. The minimum Gasteiger partial charge on any atom is -0.317 e. The molecule has 2 heterocycles. The Morgan fingerprint density at radius 2 is 1.84 bits per heavy atom. The predicted octanol–water partition coefficient (Wildman–Crippen LogP) is 1.27. The molecule has 2 saturated heterocycles. The number of fused-ring (bicyclic) bond motifs is 2. The predicted molar refractivity (Wildman–Crippen MR) is 79.1 cm³/mol. The first kappa shape index (κ1) is 15.3. The van der Waals surface area contributed by atoms with Crippen molar-refractivity contribution in [3.05, 3.63) is 0 Å². The third-order valence-corrected chi connectivity index (χ3v) is 6.14. The Morgan fingerprint density at radius 3 is 2.32 bits per heavy atom. The summed E-state index contributed by atoms with van der Waals surface area (Å²) in [6, 6.07) is 2.00. The number of hydrogen-bond donors (Lipinski definition) is 1. The molecule has 0 spiro atoms. The Labute approximate surface area is 117 Å². The van der Waals surface area contributed by atoms with Crippen molar-refractivity contribution in [1.29, 1.82) is 0 Å². The molecule has 0 aliphatic carbocycles. The lowest BCUT2D eigenvalue weighted by atomic mass is 9.83. The number of nitrogens with one attached hydrogen (secondary N) is 1. The van der Waals surface area contributed by atoms with Gasteiger partial charge in [-0.05, 0) is 58.5 Å². The highest BCUT2D eigenvalue weighted by atomic mass is 32.2. The zero-order valence-corrected chi connectivity index (χ0v) is 13.2. The maximum absolute atomic E-state index is 11.2. The van der Waals surface area contributed by atoms with Crippen LogP contribution >= 0.6 is 0 Å². The molecule has 2 aliphatic heterocycles. The summed E-state index contributed by atoms with van der Waals surface area (Å²) in [7, 11) is 1.47. The Kier molecular flexibility index (Phi) is 4.90. The summed E-state index contributed by atoms with van der Waals surface area (Å²) < 4.78 is 22.4. The van der Waals surface area contributed by atoms with E-state index in [1.165, 1.54) is 31.9 Å². The van der Waals surface area contributed by atoms with Gasteiger partial charge in [0.1, 0.15) is 9.84 Å². The Balaban J connectivity index is 1.85. The average molecular weight is 288 g/mol. The van der Waals surface area contributed by atoms with Gasteiger partial charge in [-0.15, -0.1) is 0 Å². The highest BCUT2D eigenvalue weighted by Gasteiger charge is 2.40. The van der Waals surface area contributed by atoms with Crippen LogP contribution in [0.25, 0.3) is 0 Å². The molecule has 0 aromatic rings. The molecule has 4 nitrogen and oxygen atoms in total. The van der Waals surface area contributed by atoms with E-state index in [1.807, 2.05) is 7.05 Å². The third kappa shape index (κ3) is 3.92. The minimum atomic E-state index is -2.81. The van der Waals surface area contributed by atoms with Gasteiger partial charge in [-0.1, -0.05) is 0 Å². The molecular formula is C14H28N2O2S. The first-order valence-electron chi connectivity index (χ1n) is 7.47. The van der Waals surface area contributed by atoms with Crippen LogP contribution in [-0.4, -0.2) is 57.5 Å². The van der Waals surface area contributed by atoms with Crippen molar-refractivity contribution in [2.24, 2.45) is 5.92 Å². The van der Waals surface area contributed by atoms with Crippen LogP contribution in [0.15, 0.2) is 0 Å². The lowest BCUT2D eigenvalue weighted by Gasteiger charge is -2.40. The highest BCUT2D eigenvalue weighted by Crippen LogP contribution is 2.39. The number of rotatable bonds is 6. The van der Waals surface area contributed by atoms with Crippen molar-refractivity contribution in [3.63, 3.8) is 0 Å². The SMILES string of the molecule is CNC(CCCS(C)(=O)=O)C1CC2CCC(C1)N2C. The lowest BCUT2D eigenvalue weighted by Crippen LogP contribution is -2.46. The topological polar surface area (TPSA) is 49.4 Å². The van der Waals surface area contributed by atoms with Crippen LogP contribution < -0.4 is 5.32 Å². The lowest BCUT2D eigenvalue weighted by molar-refractivity contribution is 0.112. The van der Waals surface area contributed by atoms with Gasteiger partial charge >= 0.3 is 0 Å². The van der Waals surface area contributed by atoms with Crippen LogP contribution in [0.4, 0.5) is 0 Å². The summed E-state index contributed by atoms with van der Waals surface area (Å²) in [6.45, 7) is 0. The van der Waals surface area contributed by atoms with E-state index in [0.29, 0.717) is 11.8 Å². The maximum atomic E-state index is 11.2. The van der Waals surface area contributed by atoms with Gasteiger partial charge in [0.25, 0.3) is 0 Å². The van der Waals surface area contributed by atoms with Gasteiger partial charge in [-0.25, -0.2) is 8.42 Å². The van der Waals surface area contributed by atoms with Gasteiger partial charge in [-0.3, -0.25) is 0 Å². The quantitative estimate of drug-likeness (QED) is 0.800. The molecule has 3 atom stereocenters. The summed E-state index contributed by atoms with van der Waals surface area (Å²) >= 11 is 0. The van der Waals surface area contributed by atoms with Gasteiger partial charge in [0.05, 0.1) is 0 Å². The van der Waals surface area contributed by atoms with Crippen molar-refractivity contribution < 1.29 is 8.42 Å².